The molecule has 2 fully saturated rings. The second-order valence-corrected chi connectivity index (χ2v) is 6.04. The Morgan fingerprint density at radius 3 is 2.62 bits per heavy atom. The average Bonchev–Trinajstić information content (AvgIpc) is 2.85. The zero-order chi connectivity index (χ0) is 17.1. The molecule has 0 saturated carbocycles. The summed E-state index contributed by atoms with van der Waals surface area (Å²) in [6.45, 7) is 3.13. The number of nitrogens with zero attached hydrogens (tertiary/aromatic N) is 1. The molecule has 7 nitrogen and oxygen atoms in total. The van der Waals surface area contributed by atoms with Crippen LogP contribution in [0.25, 0.3) is 0 Å². The molecule has 3 rings (SSSR count). The SMILES string of the molecule is CCOc1ccc(N2C(=O)C[C@H]([NH2+][C@H]3CCCNC3=O)C2=O)cc1. The van der Waals surface area contributed by atoms with E-state index in [2.05, 4.69) is 5.32 Å². The van der Waals surface area contributed by atoms with Crippen LogP contribution < -0.4 is 20.3 Å². The van der Waals surface area contributed by atoms with Gasteiger partial charge in [-0.1, -0.05) is 0 Å². The maximum absolute atomic E-state index is 12.6. The van der Waals surface area contributed by atoms with E-state index in [1.54, 1.807) is 29.6 Å². The molecule has 0 aromatic heterocycles. The lowest BCUT2D eigenvalue weighted by molar-refractivity contribution is -0.696. The molecule has 0 aliphatic carbocycles. The van der Waals surface area contributed by atoms with Crippen LogP contribution in [0.15, 0.2) is 24.3 Å². The quantitative estimate of drug-likeness (QED) is 0.715. The second kappa shape index (κ2) is 7.00. The Kier molecular flexibility index (Phi) is 4.80. The number of piperidine rings is 1. The van der Waals surface area contributed by atoms with E-state index in [-0.39, 0.29) is 30.2 Å². The largest absolute Gasteiger partial charge is 0.494 e. The monoisotopic (exact) mass is 332 g/mol. The molecule has 3 N–H and O–H groups in total. The van der Waals surface area contributed by atoms with E-state index >= 15 is 0 Å². The topological polar surface area (TPSA) is 92.3 Å². The summed E-state index contributed by atoms with van der Waals surface area (Å²) < 4.78 is 5.37. The van der Waals surface area contributed by atoms with Gasteiger partial charge in [0.1, 0.15) is 5.75 Å². The Bertz CT molecular complexity index is 644. The maximum Gasteiger partial charge on any atom is 0.292 e. The number of benzene rings is 1. The van der Waals surface area contributed by atoms with Crippen LogP contribution in [0.1, 0.15) is 26.2 Å². The zero-order valence-electron chi connectivity index (χ0n) is 13.7. The first-order valence-corrected chi connectivity index (χ1v) is 8.32. The average molecular weight is 332 g/mol. The fourth-order valence-electron chi connectivity index (χ4n) is 3.19. The molecule has 0 unspecified atom stereocenters. The summed E-state index contributed by atoms with van der Waals surface area (Å²) in [5, 5.41) is 4.54. The van der Waals surface area contributed by atoms with Crippen LogP contribution >= 0.6 is 0 Å². The summed E-state index contributed by atoms with van der Waals surface area (Å²) in [5.74, 6) is 0.146. The van der Waals surface area contributed by atoms with E-state index in [0.29, 0.717) is 24.6 Å². The highest BCUT2D eigenvalue weighted by atomic mass is 16.5. The lowest BCUT2D eigenvalue weighted by atomic mass is 10.1. The van der Waals surface area contributed by atoms with Gasteiger partial charge in [-0.15, -0.1) is 0 Å². The molecule has 2 aliphatic rings. The number of imide groups is 1. The number of amides is 3. The lowest BCUT2D eigenvalue weighted by Gasteiger charge is -2.22. The van der Waals surface area contributed by atoms with Crippen molar-refractivity contribution >= 4 is 23.4 Å². The van der Waals surface area contributed by atoms with Crippen LogP contribution in [0.5, 0.6) is 5.75 Å². The van der Waals surface area contributed by atoms with Crippen LogP contribution in [-0.4, -0.2) is 43.0 Å². The molecule has 7 heteroatoms. The predicted molar refractivity (Wildman–Crippen MR) is 86.5 cm³/mol. The third kappa shape index (κ3) is 3.26. The minimum Gasteiger partial charge on any atom is -0.494 e. The van der Waals surface area contributed by atoms with Gasteiger partial charge in [0.2, 0.25) is 5.91 Å². The lowest BCUT2D eigenvalue weighted by Crippen LogP contribution is -2.98. The van der Waals surface area contributed by atoms with Gasteiger partial charge in [0.15, 0.2) is 12.1 Å². The highest BCUT2D eigenvalue weighted by Gasteiger charge is 2.44. The number of nitrogens with one attached hydrogen (secondary N) is 1. The van der Waals surface area contributed by atoms with Gasteiger partial charge in [-0.2, -0.15) is 0 Å². The van der Waals surface area contributed by atoms with E-state index in [9.17, 15) is 14.4 Å². The number of hydrogen-bond acceptors (Lipinski definition) is 4. The number of hydrogen-bond donors (Lipinski definition) is 2. The van der Waals surface area contributed by atoms with Crippen molar-refractivity contribution in [2.24, 2.45) is 0 Å². The van der Waals surface area contributed by atoms with Crippen molar-refractivity contribution in [3.05, 3.63) is 24.3 Å². The summed E-state index contributed by atoms with van der Waals surface area (Å²) in [4.78, 5) is 38.0. The molecule has 1 aromatic rings. The molecular weight excluding hydrogens is 310 g/mol. The Labute approximate surface area is 140 Å². The van der Waals surface area contributed by atoms with E-state index in [1.807, 2.05) is 6.92 Å². The van der Waals surface area contributed by atoms with Gasteiger partial charge in [0.05, 0.1) is 18.7 Å². The van der Waals surface area contributed by atoms with E-state index in [4.69, 9.17) is 4.74 Å². The smallest absolute Gasteiger partial charge is 0.292 e. The van der Waals surface area contributed by atoms with E-state index < -0.39 is 6.04 Å². The Hall–Kier alpha value is -2.41. The molecule has 2 heterocycles. The van der Waals surface area contributed by atoms with Crippen LogP contribution in [-0.2, 0) is 14.4 Å². The second-order valence-electron chi connectivity index (χ2n) is 6.04. The van der Waals surface area contributed by atoms with Gasteiger partial charge in [-0.3, -0.25) is 14.4 Å². The fraction of sp³-hybridized carbons (Fsp3) is 0.471. The minimum atomic E-state index is -0.530. The van der Waals surface area contributed by atoms with Gasteiger partial charge in [-0.25, -0.2) is 4.90 Å². The van der Waals surface area contributed by atoms with Gasteiger partial charge < -0.3 is 15.4 Å². The van der Waals surface area contributed by atoms with Crippen LogP contribution in [0, 0.1) is 0 Å². The fourth-order valence-corrected chi connectivity index (χ4v) is 3.19. The van der Waals surface area contributed by atoms with Crippen LogP contribution in [0.4, 0.5) is 5.69 Å². The number of ether oxygens (including phenoxy) is 1. The van der Waals surface area contributed by atoms with Crippen LogP contribution in [0.2, 0.25) is 0 Å². The zero-order valence-corrected chi connectivity index (χ0v) is 13.7. The van der Waals surface area contributed by atoms with Crippen molar-refractivity contribution in [3.63, 3.8) is 0 Å². The molecule has 2 atom stereocenters. The first-order chi connectivity index (χ1) is 11.6. The number of carbonyl (C=O) groups excluding carboxylic acids is 3. The highest BCUT2D eigenvalue weighted by Crippen LogP contribution is 2.24. The maximum atomic E-state index is 12.6. The molecule has 2 saturated heterocycles. The molecule has 0 spiro atoms. The minimum absolute atomic E-state index is 0.0546. The number of rotatable bonds is 5. The van der Waals surface area contributed by atoms with E-state index in [0.717, 1.165) is 12.8 Å². The molecule has 3 amide bonds. The van der Waals surface area contributed by atoms with Crippen molar-refractivity contribution in [3.8, 4) is 5.75 Å². The van der Waals surface area contributed by atoms with Gasteiger partial charge in [0, 0.05) is 13.0 Å². The van der Waals surface area contributed by atoms with E-state index in [1.165, 1.54) is 4.90 Å². The predicted octanol–water partition coefficient (Wildman–Crippen LogP) is -0.441. The third-order valence-corrected chi connectivity index (χ3v) is 4.38. The molecule has 0 bridgehead atoms. The van der Waals surface area contributed by atoms with Gasteiger partial charge >= 0.3 is 0 Å². The third-order valence-electron chi connectivity index (χ3n) is 4.38. The molecule has 24 heavy (non-hydrogen) atoms. The normalized spacial score (nSPS) is 24.2. The van der Waals surface area contributed by atoms with Crippen molar-refractivity contribution in [2.45, 2.75) is 38.3 Å². The van der Waals surface area contributed by atoms with Gasteiger partial charge in [0.25, 0.3) is 11.8 Å². The highest BCUT2D eigenvalue weighted by molar-refractivity contribution is 6.21. The molecular formula is C17H22N3O4+. The van der Waals surface area contributed by atoms with Gasteiger partial charge in [-0.05, 0) is 37.6 Å². The summed E-state index contributed by atoms with van der Waals surface area (Å²) in [5.41, 5.74) is 0.539. The number of quaternary nitrogens is 1. The first-order valence-electron chi connectivity index (χ1n) is 8.32. The Morgan fingerprint density at radius 1 is 1.21 bits per heavy atom. The van der Waals surface area contributed by atoms with Crippen molar-refractivity contribution in [1.82, 2.24) is 5.32 Å². The number of anilines is 1. The number of carbonyl (C=O) groups is 3. The standard InChI is InChI=1S/C17H21N3O4/c1-2-24-12-7-5-11(6-8-12)20-15(21)10-14(17(20)23)19-13-4-3-9-18-16(13)22/h5-8,13-14,19H,2-4,9-10H2,1H3,(H,18,22)/p+1/t13-,14-/m0/s1. The summed E-state index contributed by atoms with van der Waals surface area (Å²) in [7, 11) is 0. The molecule has 1 aromatic carbocycles. The van der Waals surface area contributed by atoms with Crippen LogP contribution in [0.3, 0.4) is 0 Å². The van der Waals surface area contributed by atoms with Crippen molar-refractivity contribution < 1.29 is 24.4 Å². The van der Waals surface area contributed by atoms with Crippen molar-refractivity contribution in [2.75, 3.05) is 18.1 Å². The van der Waals surface area contributed by atoms with Crippen molar-refractivity contribution in [1.29, 1.82) is 0 Å². The number of nitrogens with two attached hydrogens (primary N) is 1. The summed E-state index contributed by atoms with van der Waals surface area (Å²) in [6.07, 6.45) is 1.74. The first kappa shape index (κ1) is 16.4. The molecule has 2 aliphatic heterocycles. The summed E-state index contributed by atoms with van der Waals surface area (Å²) in [6, 6.07) is 6.07. The molecule has 0 radical (unpaired) electrons. The summed E-state index contributed by atoms with van der Waals surface area (Å²) >= 11 is 0. The molecule has 128 valence electrons. The Morgan fingerprint density at radius 2 is 1.96 bits per heavy atom. The Balaban J connectivity index is 1.70.